The summed E-state index contributed by atoms with van der Waals surface area (Å²) in [6.45, 7) is 7.45. The molecule has 0 saturated heterocycles. The molecule has 1 heterocycles. The lowest BCUT2D eigenvalue weighted by molar-refractivity contribution is 0.397. The van der Waals surface area contributed by atoms with Gasteiger partial charge in [0.05, 0.1) is 0 Å². The normalized spacial score (nSPS) is 20.1. The van der Waals surface area contributed by atoms with Crippen molar-refractivity contribution in [2.45, 2.75) is 46.5 Å². The van der Waals surface area contributed by atoms with Crippen molar-refractivity contribution >= 4 is 0 Å². The van der Waals surface area contributed by atoms with Gasteiger partial charge in [-0.05, 0) is 42.7 Å². The number of hydrogen-bond acceptors (Lipinski definition) is 3. The Morgan fingerprint density at radius 3 is 2.82 bits per heavy atom. The summed E-state index contributed by atoms with van der Waals surface area (Å²) in [6.07, 6.45) is 6.26. The van der Waals surface area contributed by atoms with Gasteiger partial charge in [0.2, 0.25) is 0 Å². The smallest absolute Gasteiger partial charge is 0.129 e. The minimum Gasteiger partial charge on any atom is -0.330 e. The molecule has 3 heteroatoms. The van der Waals surface area contributed by atoms with E-state index in [2.05, 4.69) is 25.8 Å². The fourth-order valence-electron chi connectivity index (χ4n) is 2.38. The third-order valence-corrected chi connectivity index (χ3v) is 3.32. The van der Waals surface area contributed by atoms with Gasteiger partial charge in [0.25, 0.3) is 0 Å². The molecule has 1 unspecified atom stereocenters. The van der Waals surface area contributed by atoms with Gasteiger partial charge in [0.1, 0.15) is 5.82 Å². The van der Waals surface area contributed by atoms with E-state index < -0.39 is 0 Å². The van der Waals surface area contributed by atoms with E-state index >= 15 is 0 Å². The average molecular weight is 233 g/mol. The molecular weight excluding hydrogens is 210 g/mol. The first-order valence-electron chi connectivity index (χ1n) is 6.51. The summed E-state index contributed by atoms with van der Waals surface area (Å²) in [5, 5.41) is 0. The molecule has 2 N–H and O–H groups in total. The number of nitrogens with zero attached hydrogens (tertiary/aromatic N) is 2. The first-order chi connectivity index (χ1) is 7.98. The molecule has 1 atom stereocenters. The number of aryl methyl sites for hydroxylation is 1. The molecule has 1 aromatic rings. The van der Waals surface area contributed by atoms with E-state index in [1.54, 1.807) is 0 Å². The molecule has 0 aliphatic heterocycles. The molecule has 0 spiro atoms. The summed E-state index contributed by atoms with van der Waals surface area (Å²) in [6, 6.07) is 0. The molecule has 0 radical (unpaired) electrons. The van der Waals surface area contributed by atoms with Crippen LogP contribution in [0.25, 0.3) is 0 Å². The number of fused-ring (bicyclic) bond motifs is 1. The lowest BCUT2D eigenvalue weighted by Crippen LogP contribution is -2.24. The number of aromatic nitrogens is 2. The lowest BCUT2D eigenvalue weighted by Gasteiger charge is -2.23. The summed E-state index contributed by atoms with van der Waals surface area (Å²) < 4.78 is 0. The van der Waals surface area contributed by atoms with Gasteiger partial charge < -0.3 is 5.73 Å². The average Bonchev–Trinajstić information content (AvgIpc) is 2.26. The maximum atomic E-state index is 5.73. The molecule has 0 fully saturated rings. The Morgan fingerprint density at radius 2 is 2.18 bits per heavy atom. The van der Waals surface area contributed by atoms with Gasteiger partial charge in [-0.25, -0.2) is 9.97 Å². The molecular formula is C14H23N3. The van der Waals surface area contributed by atoms with Crippen molar-refractivity contribution in [1.82, 2.24) is 9.97 Å². The van der Waals surface area contributed by atoms with Crippen LogP contribution in [-0.2, 0) is 19.3 Å². The Morgan fingerprint density at radius 1 is 1.41 bits per heavy atom. The van der Waals surface area contributed by atoms with Crippen LogP contribution in [0.1, 0.15) is 44.3 Å². The quantitative estimate of drug-likeness (QED) is 0.851. The van der Waals surface area contributed by atoms with Gasteiger partial charge in [-0.3, -0.25) is 0 Å². The number of nitrogens with two attached hydrogens (primary N) is 1. The van der Waals surface area contributed by atoms with Crippen LogP contribution in [0.4, 0.5) is 0 Å². The molecule has 17 heavy (non-hydrogen) atoms. The second-order valence-electron chi connectivity index (χ2n) is 6.34. The van der Waals surface area contributed by atoms with Gasteiger partial charge in [-0.2, -0.15) is 0 Å². The fourth-order valence-corrected chi connectivity index (χ4v) is 2.38. The van der Waals surface area contributed by atoms with Crippen LogP contribution in [0.5, 0.6) is 0 Å². The van der Waals surface area contributed by atoms with Gasteiger partial charge in [-0.1, -0.05) is 20.8 Å². The Hall–Kier alpha value is -0.960. The van der Waals surface area contributed by atoms with Crippen LogP contribution in [0.3, 0.4) is 0 Å². The zero-order valence-electron chi connectivity index (χ0n) is 11.2. The highest BCUT2D eigenvalue weighted by molar-refractivity contribution is 5.21. The Kier molecular flexibility index (Phi) is 3.48. The van der Waals surface area contributed by atoms with Crippen molar-refractivity contribution in [3.8, 4) is 0 Å². The first kappa shape index (κ1) is 12.5. The topological polar surface area (TPSA) is 51.8 Å². The highest BCUT2D eigenvalue weighted by atomic mass is 14.9. The van der Waals surface area contributed by atoms with Crippen LogP contribution >= 0.6 is 0 Å². The summed E-state index contributed by atoms with van der Waals surface area (Å²) in [7, 11) is 0. The predicted molar refractivity (Wildman–Crippen MR) is 69.8 cm³/mol. The highest BCUT2D eigenvalue weighted by Gasteiger charge is 2.20. The SMILES string of the molecule is CC(C)(C)Cc1ncc2c(n1)CCC(CN)C2. The van der Waals surface area contributed by atoms with E-state index in [0.29, 0.717) is 5.92 Å². The number of rotatable bonds is 2. The van der Waals surface area contributed by atoms with E-state index in [9.17, 15) is 0 Å². The van der Waals surface area contributed by atoms with Crippen LogP contribution < -0.4 is 5.73 Å². The zero-order chi connectivity index (χ0) is 12.5. The molecule has 0 bridgehead atoms. The molecule has 0 amide bonds. The van der Waals surface area contributed by atoms with Crippen molar-refractivity contribution in [3.05, 3.63) is 23.3 Å². The standard InChI is InChI=1S/C14H23N3/c1-14(2,3)7-13-16-9-11-6-10(8-15)4-5-12(11)17-13/h9-10H,4-8,15H2,1-3H3. The lowest BCUT2D eigenvalue weighted by atomic mass is 9.87. The van der Waals surface area contributed by atoms with Gasteiger partial charge in [0.15, 0.2) is 0 Å². The van der Waals surface area contributed by atoms with E-state index in [0.717, 1.165) is 31.6 Å². The second-order valence-corrected chi connectivity index (χ2v) is 6.34. The van der Waals surface area contributed by atoms with E-state index in [4.69, 9.17) is 10.7 Å². The molecule has 3 nitrogen and oxygen atoms in total. The summed E-state index contributed by atoms with van der Waals surface area (Å²) in [5.41, 5.74) is 8.55. The Balaban J connectivity index is 2.16. The third kappa shape index (κ3) is 3.25. The monoisotopic (exact) mass is 233 g/mol. The Labute approximate surface area is 104 Å². The minimum absolute atomic E-state index is 0.253. The van der Waals surface area contributed by atoms with E-state index in [1.165, 1.54) is 17.7 Å². The molecule has 2 rings (SSSR count). The largest absolute Gasteiger partial charge is 0.330 e. The second kappa shape index (κ2) is 4.73. The van der Waals surface area contributed by atoms with Crippen molar-refractivity contribution in [3.63, 3.8) is 0 Å². The zero-order valence-corrected chi connectivity index (χ0v) is 11.2. The van der Waals surface area contributed by atoms with Gasteiger partial charge >= 0.3 is 0 Å². The predicted octanol–water partition coefficient (Wildman–Crippen LogP) is 2.13. The van der Waals surface area contributed by atoms with Crippen molar-refractivity contribution < 1.29 is 0 Å². The molecule has 0 saturated carbocycles. The van der Waals surface area contributed by atoms with E-state index in [1.807, 2.05) is 6.20 Å². The van der Waals surface area contributed by atoms with Crippen LogP contribution in [-0.4, -0.2) is 16.5 Å². The Bertz CT molecular complexity index is 393. The van der Waals surface area contributed by atoms with Crippen LogP contribution in [0.15, 0.2) is 6.20 Å². The summed E-state index contributed by atoms with van der Waals surface area (Å²) in [5.74, 6) is 1.61. The first-order valence-corrected chi connectivity index (χ1v) is 6.51. The van der Waals surface area contributed by atoms with Crippen molar-refractivity contribution in [1.29, 1.82) is 0 Å². The third-order valence-electron chi connectivity index (χ3n) is 3.32. The summed E-state index contributed by atoms with van der Waals surface area (Å²) in [4.78, 5) is 9.21. The van der Waals surface area contributed by atoms with Crippen molar-refractivity contribution in [2.75, 3.05) is 6.54 Å². The maximum Gasteiger partial charge on any atom is 0.129 e. The molecule has 1 aliphatic rings. The number of hydrogen-bond donors (Lipinski definition) is 1. The minimum atomic E-state index is 0.253. The van der Waals surface area contributed by atoms with Crippen molar-refractivity contribution in [2.24, 2.45) is 17.1 Å². The molecule has 1 aromatic heterocycles. The van der Waals surface area contributed by atoms with Crippen LogP contribution in [0, 0.1) is 11.3 Å². The highest BCUT2D eigenvalue weighted by Crippen LogP contribution is 2.24. The van der Waals surface area contributed by atoms with E-state index in [-0.39, 0.29) is 5.41 Å². The molecule has 0 aromatic carbocycles. The molecule has 94 valence electrons. The molecule has 1 aliphatic carbocycles. The maximum absolute atomic E-state index is 5.73. The summed E-state index contributed by atoms with van der Waals surface area (Å²) >= 11 is 0. The van der Waals surface area contributed by atoms with Gasteiger partial charge in [0, 0.05) is 18.3 Å². The van der Waals surface area contributed by atoms with Gasteiger partial charge in [-0.15, -0.1) is 0 Å². The van der Waals surface area contributed by atoms with Crippen LogP contribution in [0.2, 0.25) is 0 Å². The fraction of sp³-hybridized carbons (Fsp3) is 0.714.